The molecule has 1 aliphatic rings. The normalized spacial score (nSPS) is 12.9. The van der Waals surface area contributed by atoms with Crippen molar-refractivity contribution in [3.05, 3.63) is 89.5 Å². The van der Waals surface area contributed by atoms with Crippen LogP contribution in [-0.2, 0) is 32.6 Å². The van der Waals surface area contributed by atoms with Gasteiger partial charge in [0.05, 0.1) is 11.4 Å². The van der Waals surface area contributed by atoms with Gasteiger partial charge in [-0.3, -0.25) is 13.9 Å². The SMILES string of the molecule is CCCCNC(=O)[C@H](Cc1ccccc1)N(Cc1ccccc1C)C(=O)CN(c1ccc2c(c1)OCO2)S(=O)(=O)CC. The standard InChI is InChI=1S/C32H39N3O6S/c1-4-6-18-33-32(37)28(19-25-13-8-7-9-14-25)34(21-26-15-11-10-12-24(26)3)31(36)22-35(42(38,39)5-2)27-16-17-29-30(20-27)41-23-40-29/h7-17,20,28H,4-6,18-19,21-23H2,1-3H3,(H,33,37)/t28-/m0/s1. The maximum absolute atomic E-state index is 14.3. The highest BCUT2D eigenvalue weighted by atomic mass is 32.2. The molecule has 42 heavy (non-hydrogen) atoms. The van der Waals surface area contributed by atoms with Crippen LogP contribution >= 0.6 is 0 Å². The molecule has 1 N–H and O–H groups in total. The molecule has 0 aromatic heterocycles. The highest BCUT2D eigenvalue weighted by Crippen LogP contribution is 2.36. The van der Waals surface area contributed by atoms with Crippen molar-refractivity contribution in [3.63, 3.8) is 0 Å². The van der Waals surface area contributed by atoms with Crippen molar-refractivity contribution in [2.45, 2.75) is 52.6 Å². The number of carbonyl (C=O) groups excluding carboxylic acids is 2. The second-order valence-electron chi connectivity index (χ2n) is 10.2. The number of fused-ring (bicyclic) bond motifs is 1. The van der Waals surface area contributed by atoms with Gasteiger partial charge in [0.25, 0.3) is 0 Å². The summed E-state index contributed by atoms with van der Waals surface area (Å²) < 4.78 is 38.6. The van der Waals surface area contributed by atoms with Crippen LogP contribution in [0.15, 0.2) is 72.8 Å². The Labute approximate surface area is 248 Å². The highest BCUT2D eigenvalue weighted by Gasteiger charge is 2.34. The molecular formula is C32H39N3O6S. The molecule has 4 rings (SSSR count). The molecule has 0 aliphatic carbocycles. The van der Waals surface area contributed by atoms with Crippen molar-refractivity contribution in [1.29, 1.82) is 0 Å². The van der Waals surface area contributed by atoms with E-state index in [4.69, 9.17) is 9.47 Å². The lowest BCUT2D eigenvalue weighted by molar-refractivity contribution is -0.140. The maximum atomic E-state index is 14.3. The van der Waals surface area contributed by atoms with Gasteiger partial charge < -0.3 is 19.7 Å². The molecule has 9 nitrogen and oxygen atoms in total. The number of nitrogens with zero attached hydrogens (tertiary/aromatic N) is 2. The van der Waals surface area contributed by atoms with Gasteiger partial charge in [0.15, 0.2) is 11.5 Å². The topological polar surface area (TPSA) is 105 Å². The van der Waals surface area contributed by atoms with Gasteiger partial charge in [-0.1, -0.05) is 67.9 Å². The van der Waals surface area contributed by atoms with Crippen molar-refractivity contribution >= 4 is 27.5 Å². The molecule has 0 saturated heterocycles. The molecule has 1 atom stereocenters. The first-order chi connectivity index (χ1) is 20.2. The summed E-state index contributed by atoms with van der Waals surface area (Å²) in [4.78, 5) is 29.5. The average Bonchev–Trinajstić information content (AvgIpc) is 3.47. The first-order valence-corrected chi connectivity index (χ1v) is 15.9. The van der Waals surface area contributed by atoms with Crippen LogP contribution in [0.5, 0.6) is 11.5 Å². The zero-order valence-electron chi connectivity index (χ0n) is 24.4. The minimum atomic E-state index is -3.87. The molecule has 1 heterocycles. The second kappa shape index (κ2) is 14.2. The summed E-state index contributed by atoms with van der Waals surface area (Å²) >= 11 is 0. The Hall–Kier alpha value is -4.05. The first-order valence-electron chi connectivity index (χ1n) is 14.3. The number of unbranched alkanes of at least 4 members (excludes halogenated alkanes) is 1. The van der Waals surface area contributed by atoms with Gasteiger partial charge in [-0.2, -0.15) is 0 Å². The number of benzene rings is 3. The zero-order chi connectivity index (χ0) is 30.1. The van der Waals surface area contributed by atoms with Crippen LogP contribution in [0.3, 0.4) is 0 Å². The van der Waals surface area contributed by atoms with Crippen LogP contribution in [0, 0.1) is 6.92 Å². The molecule has 0 radical (unpaired) electrons. The van der Waals surface area contributed by atoms with Crippen molar-refractivity contribution in [3.8, 4) is 11.5 Å². The summed E-state index contributed by atoms with van der Waals surface area (Å²) in [5.41, 5.74) is 3.02. The van der Waals surface area contributed by atoms with E-state index < -0.39 is 28.5 Å². The van der Waals surface area contributed by atoms with Gasteiger partial charge >= 0.3 is 0 Å². The molecule has 10 heteroatoms. The number of aryl methyl sites for hydroxylation is 1. The summed E-state index contributed by atoms with van der Waals surface area (Å²) in [7, 11) is -3.87. The lowest BCUT2D eigenvalue weighted by Gasteiger charge is -2.34. The van der Waals surface area contributed by atoms with E-state index in [0.29, 0.717) is 18.0 Å². The number of carbonyl (C=O) groups is 2. The third-order valence-corrected chi connectivity index (χ3v) is 9.07. The molecule has 0 fully saturated rings. The number of sulfonamides is 1. The third kappa shape index (κ3) is 7.61. The predicted molar refractivity (Wildman–Crippen MR) is 163 cm³/mol. The van der Waals surface area contributed by atoms with Crippen LogP contribution in [-0.4, -0.2) is 56.8 Å². The van der Waals surface area contributed by atoms with Crippen molar-refractivity contribution in [2.24, 2.45) is 0 Å². The Morgan fingerprint density at radius 1 is 0.952 bits per heavy atom. The molecule has 0 spiro atoms. The van der Waals surface area contributed by atoms with E-state index in [0.717, 1.165) is 33.8 Å². The van der Waals surface area contributed by atoms with Gasteiger partial charge in [-0.15, -0.1) is 0 Å². The van der Waals surface area contributed by atoms with Crippen molar-refractivity contribution in [1.82, 2.24) is 10.2 Å². The van der Waals surface area contributed by atoms with Crippen LogP contribution < -0.4 is 19.1 Å². The zero-order valence-corrected chi connectivity index (χ0v) is 25.2. The summed E-state index contributed by atoms with van der Waals surface area (Å²) in [6.45, 7) is 5.72. The van der Waals surface area contributed by atoms with E-state index in [9.17, 15) is 18.0 Å². The molecule has 3 aromatic rings. The highest BCUT2D eigenvalue weighted by molar-refractivity contribution is 7.92. The summed E-state index contributed by atoms with van der Waals surface area (Å²) in [6, 6.07) is 21.1. The fourth-order valence-electron chi connectivity index (χ4n) is 4.79. The Morgan fingerprint density at radius 3 is 2.38 bits per heavy atom. The second-order valence-corrected chi connectivity index (χ2v) is 12.4. The fourth-order valence-corrected chi connectivity index (χ4v) is 5.84. The third-order valence-electron chi connectivity index (χ3n) is 7.33. The lowest BCUT2D eigenvalue weighted by atomic mass is 10.0. The molecule has 0 saturated carbocycles. The molecule has 1 aliphatic heterocycles. The molecular weight excluding hydrogens is 554 g/mol. The van der Waals surface area contributed by atoms with Crippen LogP contribution in [0.25, 0.3) is 0 Å². The van der Waals surface area contributed by atoms with E-state index in [1.165, 1.54) is 11.8 Å². The van der Waals surface area contributed by atoms with Gasteiger partial charge in [0.1, 0.15) is 12.6 Å². The monoisotopic (exact) mass is 593 g/mol. The summed E-state index contributed by atoms with van der Waals surface area (Å²) in [6.07, 6.45) is 2.00. The summed E-state index contributed by atoms with van der Waals surface area (Å²) in [5.74, 6) is -0.0592. The minimum Gasteiger partial charge on any atom is -0.454 e. The number of rotatable bonds is 14. The van der Waals surface area contributed by atoms with E-state index >= 15 is 0 Å². The van der Waals surface area contributed by atoms with Gasteiger partial charge in [0.2, 0.25) is 28.6 Å². The van der Waals surface area contributed by atoms with E-state index in [2.05, 4.69) is 5.32 Å². The molecule has 224 valence electrons. The first kappa shape index (κ1) is 30.9. The van der Waals surface area contributed by atoms with Crippen molar-refractivity contribution in [2.75, 3.05) is 29.9 Å². The number of hydrogen-bond donors (Lipinski definition) is 1. The lowest BCUT2D eigenvalue weighted by Crippen LogP contribution is -2.53. The van der Waals surface area contributed by atoms with Crippen LogP contribution in [0.1, 0.15) is 43.4 Å². The number of amides is 2. The van der Waals surface area contributed by atoms with Gasteiger partial charge in [-0.05, 0) is 49.1 Å². The van der Waals surface area contributed by atoms with Gasteiger partial charge in [-0.25, -0.2) is 8.42 Å². The Kier molecular flexibility index (Phi) is 10.5. The fraction of sp³-hybridized carbons (Fsp3) is 0.375. The Bertz CT molecular complexity index is 1480. The predicted octanol–water partition coefficient (Wildman–Crippen LogP) is 4.44. The van der Waals surface area contributed by atoms with E-state index in [1.807, 2.05) is 68.4 Å². The van der Waals surface area contributed by atoms with Gasteiger partial charge in [0, 0.05) is 25.6 Å². The molecule has 0 bridgehead atoms. The number of hydrogen-bond acceptors (Lipinski definition) is 6. The van der Waals surface area contributed by atoms with Crippen LogP contribution in [0.2, 0.25) is 0 Å². The smallest absolute Gasteiger partial charge is 0.244 e. The maximum Gasteiger partial charge on any atom is 0.244 e. The van der Waals surface area contributed by atoms with Crippen molar-refractivity contribution < 1.29 is 27.5 Å². The Morgan fingerprint density at radius 2 is 1.67 bits per heavy atom. The van der Waals surface area contributed by atoms with E-state index in [1.54, 1.807) is 18.2 Å². The van der Waals surface area contributed by atoms with E-state index in [-0.39, 0.29) is 37.1 Å². The minimum absolute atomic E-state index is 0.0385. The number of anilines is 1. The average molecular weight is 594 g/mol. The largest absolute Gasteiger partial charge is 0.454 e. The number of ether oxygens (including phenoxy) is 2. The summed E-state index contributed by atoms with van der Waals surface area (Å²) in [5, 5.41) is 3.00. The molecule has 3 aromatic carbocycles. The quantitative estimate of drug-likeness (QED) is 0.277. The van der Waals surface area contributed by atoms with Crippen LogP contribution in [0.4, 0.5) is 5.69 Å². The number of nitrogens with one attached hydrogen (secondary N) is 1. The molecule has 0 unspecified atom stereocenters. The Balaban J connectivity index is 1.74. The molecule has 2 amide bonds.